The van der Waals surface area contributed by atoms with Crippen molar-refractivity contribution in [3.05, 3.63) is 28.8 Å². The lowest BCUT2D eigenvalue weighted by molar-refractivity contribution is 0.0676. The predicted molar refractivity (Wildman–Crippen MR) is 68.7 cm³/mol. The maximum Gasteiger partial charge on any atom is 0.124 e. The van der Waals surface area contributed by atoms with Gasteiger partial charge in [-0.3, -0.25) is 0 Å². The summed E-state index contributed by atoms with van der Waals surface area (Å²) in [7, 11) is 0. The van der Waals surface area contributed by atoms with E-state index < -0.39 is 0 Å². The molecule has 1 saturated heterocycles. The molecule has 0 amide bonds. The zero-order valence-electron chi connectivity index (χ0n) is 9.82. The van der Waals surface area contributed by atoms with Gasteiger partial charge in [0.15, 0.2) is 0 Å². The van der Waals surface area contributed by atoms with Gasteiger partial charge in [0.2, 0.25) is 0 Å². The van der Waals surface area contributed by atoms with Gasteiger partial charge < -0.3 is 15.2 Å². The van der Waals surface area contributed by atoms with Crippen molar-refractivity contribution in [2.75, 3.05) is 19.8 Å². The number of hydrogen-bond acceptors (Lipinski definition) is 3. The summed E-state index contributed by atoms with van der Waals surface area (Å²) in [4.78, 5) is 0. The summed E-state index contributed by atoms with van der Waals surface area (Å²) in [5.41, 5.74) is 6.57. The standard InChI is InChI=1S/C13H18ClNO2/c14-12-4-1-5-13(11(12)6-7-15)17-9-10-3-2-8-16-10/h1,4-5,10H,2-3,6-9,15H2. The number of halogens is 1. The molecule has 1 aromatic carbocycles. The zero-order valence-corrected chi connectivity index (χ0v) is 10.6. The molecular formula is C13H18ClNO2. The van der Waals surface area contributed by atoms with Gasteiger partial charge in [0.05, 0.1) is 6.10 Å². The van der Waals surface area contributed by atoms with Crippen molar-refractivity contribution < 1.29 is 9.47 Å². The molecule has 0 saturated carbocycles. The topological polar surface area (TPSA) is 44.5 Å². The zero-order chi connectivity index (χ0) is 12.1. The average molecular weight is 256 g/mol. The lowest BCUT2D eigenvalue weighted by atomic mass is 10.1. The number of hydrogen-bond donors (Lipinski definition) is 1. The number of ether oxygens (including phenoxy) is 2. The van der Waals surface area contributed by atoms with E-state index >= 15 is 0 Å². The molecule has 0 aliphatic carbocycles. The second-order valence-corrected chi connectivity index (χ2v) is 4.61. The second-order valence-electron chi connectivity index (χ2n) is 4.20. The van der Waals surface area contributed by atoms with E-state index in [2.05, 4.69) is 0 Å². The van der Waals surface area contributed by atoms with Crippen molar-refractivity contribution in [3.8, 4) is 5.75 Å². The first-order valence-electron chi connectivity index (χ1n) is 6.03. The number of benzene rings is 1. The Bertz CT molecular complexity index is 364. The van der Waals surface area contributed by atoms with Crippen LogP contribution in [-0.4, -0.2) is 25.9 Å². The summed E-state index contributed by atoms with van der Waals surface area (Å²) in [6.45, 7) is 2.01. The van der Waals surface area contributed by atoms with Gasteiger partial charge in [0, 0.05) is 17.2 Å². The van der Waals surface area contributed by atoms with Crippen LogP contribution in [0.5, 0.6) is 5.75 Å². The fraction of sp³-hybridized carbons (Fsp3) is 0.538. The minimum absolute atomic E-state index is 0.222. The fourth-order valence-corrected chi connectivity index (χ4v) is 2.28. The lowest BCUT2D eigenvalue weighted by Crippen LogP contribution is -2.17. The molecule has 1 unspecified atom stereocenters. The van der Waals surface area contributed by atoms with Crippen LogP contribution in [0.4, 0.5) is 0 Å². The molecule has 0 bridgehead atoms. The van der Waals surface area contributed by atoms with Gasteiger partial charge in [-0.15, -0.1) is 0 Å². The fourth-order valence-electron chi connectivity index (χ4n) is 2.02. The van der Waals surface area contributed by atoms with Crippen molar-refractivity contribution in [3.63, 3.8) is 0 Å². The van der Waals surface area contributed by atoms with Gasteiger partial charge in [0.1, 0.15) is 12.4 Å². The highest BCUT2D eigenvalue weighted by Crippen LogP contribution is 2.27. The lowest BCUT2D eigenvalue weighted by Gasteiger charge is -2.15. The molecule has 0 spiro atoms. The summed E-state index contributed by atoms with van der Waals surface area (Å²) < 4.78 is 11.3. The van der Waals surface area contributed by atoms with Crippen molar-refractivity contribution in [1.29, 1.82) is 0 Å². The SMILES string of the molecule is NCCc1c(Cl)cccc1OCC1CCCO1. The highest BCUT2D eigenvalue weighted by atomic mass is 35.5. The summed E-state index contributed by atoms with van der Waals surface area (Å²) >= 11 is 6.14. The molecular weight excluding hydrogens is 238 g/mol. The Balaban J connectivity index is 2.00. The molecule has 0 radical (unpaired) electrons. The predicted octanol–water partition coefficient (Wildman–Crippen LogP) is 2.40. The molecule has 1 heterocycles. The Morgan fingerprint density at radius 3 is 3.06 bits per heavy atom. The summed E-state index contributed by atoms with van der Waals surface area (Å²) in [5.74, 6) is 0.832. The Morgan fingerprint density at radius 1 is 1.47 bits per heavy atom. The van der Waals surface area contributed by atoms with Gasteiger partial charge in [0.25, 0.3) is 0 Å². The quantitative estimate of drug-likeness (QED) is 0.879. The average Bonchev–Trinajstić information content (AvgIpc) is 2.83. The molecule has 2 rings (SSSR count). The monoisotopic (exact) mass is 255 g/mol. The first kappa shape index (κ1) is 12.7. The van der Waals surface area contributed by atoms with Crippen LogP contribution in [0, 0.1) is 0 Å². The van der Waals surface area contributed by atoms with Gasteiger partial charge in [-0.1, -0.05) is 17.7 Å². The third-order valence-corrected chi connectivity index (χ3v) is 3.27. The van der Waals surface area contributed by atoms with Crippen LogP contribution < -0.4 is 10.5 Å². The van der Waals surface area contributed by atoms with Gasteiger partial charge in [-0.2, -0.15) is 0 Å². The summed E-state index contributed by atoms with van der Waals surface area (Å²) in [6.07, 6.45) is 3.16. The molecule has 3 nitrogen and oxygen atoms in total. The molecule has 1 fully saturated rings. The minimum atomic E-state index is 0.222. The van der Waals surface area contributed by atoms with E-state index in [1.165, 1.54) is 0 Å². The Hall–Kier alpha value is -0.770. The Kier molecular flexibility index (Phi) is 4.66. The van der Waals surface area contributed by atoms with Crippen LogP contribution >= 0.6 is 11.6 Å². The first-order valence-corrected chi connectivity index (χ1v) is 6.41. The van der Waals surface area contributed by atoms with E-state index in [0.29, 0.717) is 13.2 Å². The largest absolute Gasteiger partial charge is 0.491 e. The molecule has 17 heavy (non-hydrogen) atoms. The third-order valence-electron chi connectivity index (χ3n) is 2.92. The molecule has 2 N–H and O–H groups in total. The van der Waals surface area contributed by atoms with E-state index in [4.69, 9.17) is 26.8 Å². The molecule has 94 valence electrons. The van der Waals surface area contributed by atoms with Crippen molar-refractivity contribution in [1.82, 2.24) is 0 Å². The van der Waals surface area contributed by atoms with Crippen LogP contribution in [0.2, 0.25) is 5.02 Å². The van der Waals surface area contributed by atoms with E-state index in [-0.39, 0.29) is 6.10 Å². The molecule has 1 atom stereocenters. The normalized spacial score (nSPS) is 19.5. The molecule has 4 heteroatoms. The Morgan fingerprint density at radius 2 is 2.35 bits per heavy atom. The molecule has 1 aliphatic rings. The van der Waals surface area contributed by atoms with E-state index in [1.807, 2.05) is 18.2 Å². The van der Waals surface area contributed by atoms with E-state index in [9.17, 15) is 0 Å². The van der Waals surface area contributed by atoms with Crippen LogP contribution in [0.15, 0.2) is 18.2 Å². The smallest absolute Gasteiger partial charge is 0.124 e. The van der Waals surface area contributed by atoms with Crippen LogP contribution in [0.1, 0.15) is 18.4 Å². The maximum absolute atomic E-state index is 6.14. The van der Waals surface area contributed by atoms with Crippen LogP contribution in [0.3, 0.4) is 0 Å². The van der Waals surface area contributed by atoms with Gasteiger partial charge >= 0.3 is 0 Å². The Labute approximate surface area is 107 Å². The molecule has 1 aromatic rings. The number of rotatable bonds is 5. The maximum atomic E-state index is 6.14. The molecule has 0 aromatic heterocycles. The highest BCUT2D eigenvalue weighted by Gasteiger charge is 2.17. The summed E-state index contributed by atoms with van der Waals surface area (Å²) in [6, 6.07) is 5.70. The van der Waals surface area contributed by atoms with Crippen LogP contribution in [0.25, 0.3) is 0 Å². The highest BCUT2D eigenvalue weighted by molar-refractivity contribution is 6.31. The third kappa shape index (κ3) is 3.35. The van der Waals surface area contributed by atoms with Crippen molar-refractivity contribution >= 4 is 11.6 Å². The first-order chi connectivity index (χ1) is 8.31. The summed E-state index contributed by atoms with van der Waals surface area (Å²) in [5, 5.41) is 0.722. The van der Waals surface area contributed by atoms with Gasteiger partial charge in [-0.05, 0) is 37.9 Å². The number of nitrogens with two attached hydrogens (primary N) is 1. The second kappa shape index (κ2) is 6.24. The van der Waals surface area contributed by atoms with Crippen molar-refractivity contribution in [2.24, 2.45) is 5.73 Å². The van der Waals surface area contributed by atoms with E-state index in [1.54, 1.807) is 0 Å². The van der Waals surface area contributed by atoms with Crippen LogP contribution in [-0.2, 0) is 11.2 Å². The van der Waals surface area contributed by atoms with Gasteiger partial charge in [-0.25, -0.2) is 0 Å². The van der Waals surface area contributed by atoms with Crippen molar-refractivity contribution in [2.45, 2.75) is 25.4 Å². The molecule has 1 aliphatic heterocycles. The van der Waals surface area contributed by atoms with E-state index in [0.717, 1.165) is 42.2 Å². The minimum Gasteiger partial charge on any atom is -0.491 e.